The summed E-state index contributed by atoms with van der Waals surface area (Å²) in [6.45, 7) is 2.56. The van der Waals surface area contributed by atoms with E-state index in [9.17, 15) is 4.79 Å². The lowest BCUT2D eigenvalue weighted by molar-refractivity contribution is -0.159. The number of benzene rings is 1. The molecule has 0 bridgehead atoms. The molecule has 1 aromatic carbocycles. The predicted molar refractivity (Wildman–Crippen MR) is 92.0 cm³/mol. The molecule has 4 N–H and O–H groups in total. The molecule has 9 heteroatoms. The highest BCUT2D eigenvalue weighted by Gasteiger charge is 2.23. The zero-order valence-corrected chi connectivity index (χ0v) is 14.8. The van der Waals surface area contributed by atoms with Crippen LogP contribution in [0.4, 0.5) is 0 Å². The fraction of sp³-hybridized carbons (Fsp3) is 0.471. The number of carboxylic acid groups (broad SMARTS) is 2. The zero-order chi connectivity index (χ0) is 19.7. The van der Waals surface area contributed by atoms with Crippen LogP contribution in [0.3, 0.4) is 0 Å². The van der Waals surface area contributed by atoms with Crippen LogP contribution in [0.5, 0.6) is 11.5 Å². The van der Waals surface area contributed by atoms with Gasteiger partial charge in [-0.25, -0.2) is 9.59 Å². The molecule has 0 spiro atoms. The van der Waals surface area contributed by atoms with Crippen molar-refractivity contribution in [1.29, 1.82) is 0 Å². The average Bonchev–Trinajstić information content (AvgIpc) is 2.62. The number of nitrogens with two attached hydrogens (primary N) is 1. The van der Waals surface area contributed by atoms with Crippen molar-refractivity contribution in [1.82, 2.24) is 4.90 Å². The number of amides is 1. The fourth-order valence-electron chi connectivity index (χ4n) is 2.62. The van der Waals surface area contributed by atoms with Crippen molar-refractivity contribution in [2.75, 3.05) is 27.3 Å². The van der Waals surface area contributed by atoms with Gasteiger partial charge in [0.15, 0.2) is 0 Å². The molecule has 0 saturated carbocycles. The highest BCUT2D eigenvalue weighted by Crippen LogP contribution is 2.27. The van der Waals surface area contributed by atoms with Crippen LogP contribution in [0.1, 0.15) is 18.4 Å². The molecule has 1 heterocycles. The molecule has 1 fully saturated rings. The lowest BCUT2D eigenvalue weighted by atomic mass is 9.96. The number of carbonyl (C=O) groups excluding carboxylic acids is 1. The van der Waals surface area contributed by atoms with E-state index in [2.05, 4.69) is 4.90 Å². The monoisotopic (exact) mass is 368 g/mol. The fourth-order valence-corrected chi connectivity index (χ4v) is 2.62. The Morgan fingerprint density at radius 3 is 2.12 bits per heavy atom. The Labute approximate surface area is 151 Å². The second kappa shape index (κ2) is 10.2. The number of methoxy groups -OCH3 is 2. The average molecular weight is 368 g/mol. The molecular formula is C17H24N2O7. The van der Waals surface area contributed by atoms with Crippen molar-refractivity contribution in [2.45, 2.75) is 19.4 Å². The molecule has 9 nitrogen and oxygen atoms in total. The number of piperidine rings is 1. The summed E-state index contributed by atoms with van der Waals surface area (Å²) in [4.78, 5) is 31.7. The van der Waals surface area contributed by atoms with Crippen LogP contribution in [-0.4, -0.2) is 60.3 Å². The third kappa shape index (κ3) is 6.60. The number of aliphatic carboxylic acids is 2. The lowest BCUT2D eigenvalue weighted by Gasteiger charge is -2.30. The van der Waals surface area contributed by atoms with Gasteiger partial charge in [0.2, 0.25) is 5.91 Å². The van der Waals surface area contributed by atoms with Gasteiger partial charge in [-0.15, -0.1) is 0 Å². The molecule has 1 aliphatic heterocycles. The predicted octanol–water partition coefficient (Wildman–Crippen LogP) is 0.557. The van der Waals surface area contributed by atoms with Gasteiger partial charge in [-0.3, -0.25) is 9.69 Å². The Morgan fingerprint density at radius 2 is 1.69 bits per heavy atom. The summed E-state index contributed by atoms with van der Waals surface area (Å²) in [5.74, 6) is -2.11. The van der Waals surface area contributed by atoms with Crippen LogP contribution in [0, 0.1) is 5.92 Å². The number of hydrogen-bond acceptors (Lipinski definition) is 6. The number of hydrogen-bond donors (Lipinski definition) is 3. The van der Waals surface area contributed by atoms with Crippen molar-refractivity contribution in [3.63, 3.8) is 0 Å². The van der Waals surface area contributed by atoms with Crippen molar-refractivity contribution >= 4 is 17.8 Å². The summed E-state index contributed by atoms with van der Waals surface area (Å²) in [5, 5.41) is 14.8. The first-order valence-electron chi connectivity index (χ1n) is 7.97. The number of ether oxygens (including phenoxy) is 2. The lowest BCUT2D eigenvalue weighted by Crippen LogP contribution is -2.38. The number of rotatable bonds is 5. The first-order chi connectivity index (χ1) is 12.3. The van der Waals surface area contributed by atoms with E-state index in [-0.39, 0.29) is 11.8 Å². The summed E-state index contributed by atoms with van der Waals surface area (Å²) >= 11 is 0. The van der Waals surface area contributed by atoms with Gasteiger partial charge in [0.1, 0.15) is 11.5 Å². The molecule has 1 aliphatic rings. The van der Waals surface area contributed by atoms with E-state index >= 15 is 0 Å². The van der Waals surface area contributed by atoms with E-state index in [1.54, 1.807) is 14.2 Å². The zero-order valence-electron chi connectivity index (χ0n) is 14.8. The first kappa shape index (κ1) is 21.2. The highest BCUT2D eigenvalue weighted by molar-refractivity contribution is 6.27. The first-order valence-corrected chi connectivity index (χ1v) is 7.97. The van der Waals surface area contributed by atoms with Gasteiger partial charge in [0.05, 0.1) is 14.2 Å². The van der Waals surface area contributed by atoms with E-state index < -0.39 is 11.9 Å². The number of nitrogens with zero attached hydrogens (tertiary/aromatic N) is 1. The number of primary amides is 1. The second-order valence-corrected chi connectivity index (χ2v) is 5.74. The maximum Gasteiger partial charge on any atom is 0.414 e. The van der Waals surface area contributed by atoms with Crippen molar-refractivity contribution in [2.24, 2.45) is 11.7 Å². The normalized spacial score (nSPS) is 14.7. The Balaban J connectivity index is 0.000000487. The molecule has 0 atom stereocenters. The van der Waals surface area contributed by atoms with Crippen molar-refractivity contribution < 1.29 is 34.1 Å². The summed E-state index contributed by atoms with van der Waals surface area (Å²) in [6.07, 6.45) is 1.67. The van der Waals surface area contributed by atoms with Gasteiger partial charge in [-0.05, 0) is 44.1 Å². The van der Waals surface area contributed by atoms with E-state index in [1.807, 2.05) is 18.2 Å². The Bertz CT molecular complexity index is 628. The number of likely N-dealkylation sites (tertiary alicyclic amines) is 1. The summed E-state index contributed by atoms with van der Waals surface area (Å²) in [5.41, 5.74) is 6.46. The van der Waals surface area contributed by atoms with E-state index in [0.717, 1.165) is 49.5 Å². The summed E-state index contributed by atoms with van der Waals surface area (Å²) in [7, 11) is 3.33. The van der Waals surface area contributed by atoms with Gasteiger partial charge < -0.3 is 25.4 Å². The van der Waals surface area contributed by atoms with Crippen LogP contribution in [0.25, 0.3) is 0 Å². The molecule has 0 aromatic heterocycles. The molecule has 1 aromatic rings. The van der Waals surface area contributed by atoms with Crippen LogP contribution >= 0.6 is 0 Å². The van der Waals surface area contributed by atoms with Gasteiger partial charge in [-0.1, -0.05) is 0 Å². The smallest absolute Gasteiger partial charge is 0.414 e. The van der Waals surface area contributed by atoms with E-state index in [4.69, 9.17) is 35.0 Å². The molecule has 2 rings (SSSR count). The van der Waals surface area contributed by atoms with E-state index in [0.29, 0.717) is 0 Å². The number of carboxylic acids is 2. The van der Waals surface area contributed by atoms with Crippen LogP contribution in [0.2, 0.25) is 0 Å². The Morgan fingerprint density at radius 1 is 1.12 bits per heavy atom. The van der Waals surface area contributed by atoms with Crippen molar-refractivity contribution in [3.8, 4) is 11.5 Å². The molecule has 0 radical (unpaired) electrons. The quantitative estimate of drug-likeness (QED) is 0.641. The van der Waals surface area contributed by atoms with Crippen molar-refractivity contribution in [3.05, 3.63) is 23.8 Å². The third-order valence-electron chi connectivity index (χ3n) is 4.05. The van der Waals surface area contributed by atoms with Gasteiger partial charge in [0.25, 0.3) is 0 Å². The minimum Gasteiger partial charge on any atom is -0.497 e. The molecule has 0 unspecified atom stereocenters. The molecule has 1 saturated heterocycles. The Kier molecular flexibility index (Phi) is 8.36. The van der Waals surface area contributed by atoms with Crippen LogP contribution in [0.15, 0.2) is 18.2 Å². The minimum absolute atomic E-state index is 0.0263. The SMILES string of the molecule is COc1ccc(OC)c(CN2CCC(C(N)=O)CC2)c1.O=C(O)C(=O)O. The maximum atomic E-state index is 11.2. The van der Waals surface area contributed by atoms with Gasteiger partial charge in [-0.2, -0.15) is 0 Å². The Hall–Kier alpha value is -2.81. The standard InChI is InChI=1S/C15H22N2O3.C2H2O4/c1-19-13-3-4-14(20-2)12(9-13)10-17-7-5-11(6-8-17)15(16)18;3-1(4)2(5)6/h3-4,9,11H,5-8,10H2,1-2H3,(H2,16,18);(H,3,4)(H,5,6). The molecule has 1 amide bonds. The minimum atomic E-state index is -1.82. The second-order valence-electron chi connectivity index (χ2n) is 5.74. The molecule has 0 aliphatic carbocycles. The number of carbonyl (C=O) groups is 3. The summed E-state index contributed by atoms with van der Waals surface area (Å²) < 4.78 is 10.6. The molecule has 144 valence electrons. The largest absolute Gasteiger partial charge is 0.497 e. The summed E-state index contributed by atoms with van der Waals surface area (Å²) in [6, 6.07) is 5.81. The third-order valence-corrected chi connectivity index (χ3v) is 4.05. The van der Waals surface area contributed by atoms with Crippen LogP contribution < -0.4 is 15.2 Å². The topological polar surface area (TPSA) is 139 Å². The van der Waals surface area contributed by atoms with Crippen LogP contribution in [-0.2, 0) is 20.9 Å². The van der Waals surface area contributed by atoms with E-state index in [1.165, 1.54) is 0 Å². The van der Waals surface area contributed by atoms with Gasteiger partial charge >= 0.3 is 11.9 Å². The molecule has 26 heavy (non-hydrogen) atoms. The highest BCUT2D eigenvalue weighted by atomic mass is 16.5. The maximum absolute atomic E-state index is 11.2. The molecular weight excluding hydrogens is 344 g/mol. The van der Waals surface area contributed by atoms with Gasteiger partial charge in [0, 0.05) is 18.0 Å².